The number of nitrogens with one attached hydrogen (secondary N) is 1. The maximum atomic E-state index is 13.3. The van der Waals surface area contributed by atoms with Crippen LogP contribution in [0.25, 0.3) is 0 Å². The van der Waals surface area contributed by atoms with Crippen molar-refractivity contribution in [2.45, 2.75) is 26.3 Å². The highest BCUT2D eigenvalue weighted by Gasteiger charge is 2.15. The number of rotatable bonds is 9. The van der Waals surface area contributed by atoms with Gasteiger partial charge >= 0.3 is 6.03 Å². The van der Waals surface area contributed by atoms with Gasteiger partial charge in [0.05, 0.1) is 14.2 Å². The molecule has 5 nitrogen and oxygen atoms in total. The van der Waals surface area contributed by atoms with Crippen molar-refractivity contribution in [1.29, 1.82) is 0 Å². The fourth-order valence-corrected chi connectivity index (χ4v) is 3.39. The van der Waals surface area contributed by atoms with Crippen LogP contribution in [0.1, 0.15) is 23.6 Å². The topological polar surface area (TPSA) is 50.8 Å². The van der Waals surface area contributed by atoms with Crippen LogP contribution in [0.4, 0.5) is 14.9 Å². The van der Waals surface area contributed by atoms with Crippen molar-refractivity contribution in [2.75, 3.05) is 26.1 Å². The van der Waals surface area contributed by atoms with Gasteiger partial charge in [-0.2, -0.15) is 0 Å². The smallest absolute Gasteiger partial charge is 0.322 e. The Labute approximate surface area is 188 Å². The summed E-state index contributed by atoms with van der Waals surface area (Å²) < 4.78 is 24.0. The molecule has 0 radical (unpaired) electrons. The van der Waals surface area contributed by atoms with E-state index in [9.17, 15) is 9.18 Å². The number of hydrogen-bond acceptors (Lipinski definition) is 3. The molecule has 3 rings (SSSR count). The van der Waals surface area contributed by atoms with Crippen LogP contribution in [0.5, 0.6) is 11.5 Å². The van der Waals surface area contributed by atoms with Crippen molar-refractivity contribution in [2.24, 2.45) is 0 Å². The van der Waals surface area contributed by atoms with Crippen LogP contribution in [0, 0.1) is 5.82 Å². The standard InChI is InChI=1S/C26H29FN2O3/c1-4-19-7-12-23(13-8-19)28-26(30)29(18-21-5-10-22(27)11-6-21)16-15-20-9-14-24(31-2)25(17-20)32-3/h5-14,17H,4,15-16,18H2,1-3H3,(H,28,30). The lowest BCUT2D eigenvalue weighted by Gasteiger charge is -2.24. The van der Waals surface area contributed by atoms with Gasteiger partial charge in [-0.05, 0) is 65.9 Å². The molecule has 0 aliphatic carbocycles. The summed E-state index contributed by atoms with van der Waals surface area (Å²) in [5, 5.41) is 2.97. The van der Waals surface area contributed by atoms with Gasteiger partial charge in [0.15, 0.2) is 11.5 Å². The van der Waals surface area contributed by atoms with Crippen LogP contribution >= 0.6 is 0 Å². The minimum absolute atomic E-state index is 0.209. The Kier molecular flexibility index (Phi) is 8.08. The first kappa shape index (κ1) is 23.1. The second-order valence-corrected chi connectivity index (χ2v) is 7.47. The van der Waals surface area contributed by atoms with Crippen molar-refractivity contribution in [3.8, 4) is 11.5 Å². The number of urea groups is 1. The molecular weight excluding hydrogens is 407 g/mol. The van der Waals surface area contributed by atoms with E-state index < -0.39 is 0 Å². The van der Waals surface area contributed by atoms with Gasteiger partial charge < -0.3 is 19.7 Å². The zero-order chi connectivity index (χ0) is 22.9. The number of aryl methyl sites for hydroxylation is 1. The first-order valence-electron chi connectivity index (χ1n) is 10.6. The van der Waals surface area contributed by atoms with Gasteiger partial charge in [-0.3, -0.25) is 0 Å². The quantitative estimate of drug-likeness (QED) is 0.469. The summed E-state index contributed by atoms with van der Waals surface area (Å²) in [6, 6.07) is 19.5. The maximum Gasteiger partial charge on any atom is 0.322 e. The third-order valence-electron chi connectivity index (χ3n) is 5.31. The summed E-state index contributed by atoms with van der Waals surface area (Å²) in [5.41, 5.74) is 3.82. The molecule has 6 heteroatoms. The third-order valence-corrected chi connectivity index (χ3v) is 5.31. The van der Waals surface area contributed by atoms with Crippen LogP contribution in [-0.2, 0) is 19.4 Å². The van der Waals surface area contributed by atoms with Crippen molar-refractivity contribution >= 4 is 11.7 Å². The van der Waals surface area contributed by atoms with Crippen LogP contribution in [0.2, 0.25) is 0 Å². The zero-order valence-corrected chi connectivity index (χ0v) is 18.7. The molecule has 0 unspecified atom stereocenters. The maximum absolute atomic E-state index is 13.3. The summed E-state index contributed by atoms with van der Waals surface area (Å²) >= 11 is 0. The van der Waals surface area contributed by atoms with E-state index in [4.69, 9.17) is 9.47 Å². The van der Waals surface area contributed by atoms with Crippen LogP contribution in [0.15, 0.2) is 66.7 Å². The van der Waals surface area contributed by atoms with E-state index in [1.54, 1.807) is 31.3 Å². The molecule has 0 atom stereocenters. The second kappa shape index (κ2) is 11.2. The Morgan fingerprint density at radius 2 is 1.50 bits per heavy atom. The number of ether oxygens (including phenoxy) is 2. The summed E-state index contributed by atoms with van der Waals surface area (Å²) in [6.45, 7) is 2.93. The average Bonchev–Trinajstić information content (AvgIpc) is 2.83. The Bertz CT molecular complexity index is 1020. The largest absolute Gasteiger partial charge is 0.493 e. The number of halogens is 1. The minimum atomic E-state index is -0.300. The van der Waals surface area contributed by atoms with Crippen molar-refractivity contribution in [3.05, 3.63) is 89.2 Å². The number of anilines is 1. The lowest BCUT2D eigenvalue weighted by molar-refractivity contribution is 0.209. The number of amides is 2. The summed E-state index contributed by atoms with van der Waals surface area (Å²) in [4.78, 5) is 14.8. The fourth-order valence-electron chi connectivity index (χ4n) is 3.39. The highest BCUT2D eigenvalue weighted by molar-refractivity contribution is 5.89. The zero-order valence-electron chi connectivity index (χ0n) is 18.7. The molecule has 168 valence electrons. The Hall–Kier alpha value is -3.54. The van der Waals surface area contributed by atoms with Gasteiger partial charge in [-0.25, -0.2) is 9.18 Å². The molecule has 0 aliphatic heterocycles. The van der Waals surface area contributed by atoms with Crippen LogP contribution in [-0.4, -0.2) is 31.7 Å². The molecule has 0 fully saturated rings. The number of hydrogen-bond donors (Lipinski definition) is 1. The van der Waals surface area contributed by atoms with Crippen molar-refractivity contribution < 1.29 is 18.7 Å². The normalized spacial score (nSPS) is 10.5. The van der Waals surface area contributed by atoms with Gasteiger partial charge in [0, 0.05) is 18.8 Å². The monoisotopic (exact) mass is 436 g/mol. The molecule has 0 spiro atoms. The molecule has 0 saturated carbocycles. The number of carbonyl (C=O) groups is 1. The molecule has 0 bridgehead atoms. The summed E-state index contributed by atoms with van der Waals surface area (Å²) in [7, 11) is 3.19. The van der Waals surface area contributed by atoms with E-state index in [0.717, 1.165) is 23.2 Å². The molecule has 3 aromatic rings. The number of methoxy groups -OCH3 is 2. The minimum Gasteiger partial charge on any atom is -0.493 e. The van der Waals surface area contributed by atoms with Crippen LogP contribution in [0.3, 0.4) is 0 Å². The Morgan fingerprint density at radius 1 is 0.875 bits per heavy atom. The molecule has 1 N–H and O–H groups in total. The number of nitrogens with zero attached hydrogens (tertiary/aromatic N) is 1. The third kappa shape index (κ3) is 6.23. The van der Waals surface area contributed by atoms with Gasteiger partial charge in [-0.1, -0.05) is 37.3 Å². The predicted molar refractivity (Wildman–Crippen MR) is 125 cm³/mol. The molecule has 0 saturated heterocycles. The first-order valence-corrected chi connectivity index (χ1v) is 10.6. The summed E-state index contributed by atoms with van der Waals surface area (Å²) in [5.74, 6) is 1.01. The van der Waals surface area contributed by atoms with Crippen LogP contribution < -0.4 is 14.8 Å². The fraction of sp³-hybridized carbons (Fsp3) is 0.269. The highest BCUT2D eigenvalue weighted by Crippen LogP contribution is 2.28. The lowest BCUT2D eigenvalue weighted by atomic mass is 10.1. The SMILES string of the molecule is CCc1ccc(NC(=O)N(CCc2ccc(OC)c(OC)c2)Cc2ccc(F)cc2)cc1. The molecule has 3 aromatic carbocycles. The van der Waals surface area contributed by atoms with E-state index >= 15 is 0 Å². The number of carbonyl (C=O) groups excluding carboxylic acids is 1. The van der Waals surface area contributed by atoms with E-state index in [1.165, 1.54) is 17.7 Å². The number of benzene rings is 3. The first-order chi connectivity index (χ1) is 15.5. The van der Waals surface area contributed by atoms with E-state index in [-0.39, 0.29) is 11.8 Å². The molecule has 0 heterocycles. The average molecular weight is 437 g/mol. The van der Waals surface area contributed by atoms with Gasteiger partial charge in [0.1, 0.15) is 5.82 Å². The molecular formula is C26H29FN2O3. The van der Waals surface area contributed by atoms with E-state index in [0.29, 0.717) is 31.0 Å². The Morgan fingerprint density at radius 3 is 2.12 bits per heavy atom. The molecule has 2 amide bonds. The van der Waals surface area contributed by atoms with E-state index in [2.05, 4.69) is 12.2 Å². The van der Waals surface area contributed by atoms with E-state index in [1.807, 2.05) is 42.5 Å². The van der Waals surface area contributed by atoms with Crippen molar-refractivity contribution in [3.63, 3.8) is 0 Å². The predicted octanol–water partition coefficient (Wildman–Crippen LogP) is 5.68. The van der Waals surface area contributed by atoms with Gasteiger partial charge in [0.2, 0.25) is 0 Å². The van der Waals surface area contributed by atoms with Gasteiger partial charge in [0.25, 0.3) is 0 Å². The van der Waals surface area contributed by atoms with Crippen molar-refractivity contribution in [1.82, 2.24) is 4.90 Å². The highest BCUT2D eigenvalue weighted by atomic mass is 19.1. The van der Waals surface area contributed by atoms with Gasteiger partial charge in [-0.15, -0.1) is 0 Å². The molecule has 0 aliphatic rings. The second-order valence-electron chi connectivity index (χ2n) is 7.47. The Balaban J connectivity index is 1.74. The molecule has 32 heavy (non-hydrogen) atoms. The summed E-state index contributed by atoms with van der Waals surface area (Å²) in [6.07, 6.45) is 1.57. The lowest BCUT2D eigenvalue weighted by Crippen LogP contribution is -2.36. The molecule has 0 aromatic heterocycles.